The third-order valence-electron chi connectivity index (χ3n) is 2.44. The molecule has 0 bridgehead atoms. The normalized spacial score (nSPS) is 10.5. The Bertz CT molecular complexity index is 537. The topological polar surface area (TPSA) is 68.0 Å². The van der Waals surface area contributed by atoms with Crippen LogP contribution in [0.2, 0.25) is 0 Å². The molecule has 2 aromatic rings. The number of halogens is 1. The average Bonchev–Trinajstić information content (AvgIpc) is 2.77. The molecule has 5 nitrogen and oxygen atoms in total. The zero-order chi connectivity index (χ0) is 13.0. The molecule has 0 aliphatic rings. The zero-order valence-electron chi connectivity index (χ0n) is 9.58. The van der Waals surface area contributed by atoms with Crippen molar-refractivity contribution < 1.29 is 14.3 Å². The molecule has 0 atom stereocenters. The van der Waals surface area contributed by atoms with Gasteiger partial charge in [0.1, 0.15) is 5.82 Å². The molecule has 1 aromatic carbocycles. The summed E-state index contributed by atoms with van der Waals surface area (Å²) in [4.78, 5) is 10.4. The fourth-order valence-corrected chi connectivity index (χ4v) is 1.54. The van der Waals surface area contributed by atoms with Crippen molar-refractivity contribution in [3.63, 3.8) is 0 Å². The number of benzene rings is 1. The van der Waals surface area contributed by atoms with Crippen LogP contribution >= 0.6 is 0 Å². The third-order valence-corrected chi connectivity index (χ3v) is 2.44. The van der Waals surface area contributed by atoms with E-state index in [4.69, 9.17) is 5.11 Å². The highest BCUT2D eigenvalue weighted by atomic mass is 19.1. The number of carbonyl (C=O) groups is 1. The standard InChI is InChI=1S/C12H12FN3O2/c13-10-3-1-9(2-4-10)7-16-8-11(14-15-16)5-6-12(17)18/h1-4,8H,5-7H2,(H,17,18). The van der Waals surface area contributed by atoms with E-state index in [0.717, 1.165) is 5.56 Å². The summed E-state index contributed by atoms with van der Waals surface area (Å²) in [5.41, 5.74) is 1.55. The van der Waals surface area contributed by atoms with Crippen molar-refractivity contribution in [3.8, 4) is 0 Å². The van der Waals surface area contributed by atoms with Crippen LogP contribution in [0.4, 0.5) is 4.39 Å². The molecule has 0 aliphatic heterocycles. The van der Waals surface area contributed by atoms with Gasteiger partial charge < -0.3 is 5.11 Å². The number of aryl methyl sites for hydroxylation is 1. The highest BCUT2D eigenvalue weighted by Crippen LogP contribution is 2.05. The molecule has 1 aromatic heterocycles. The van der Waals surface area contributed by atoms with Crippen LogP contribution in [0.25, 0.3) is 0 Å². The first kappa shape index (κ1) is 12.2. The molecule has 18 heavy (non-hydrogen) atoms. The molecular formula is C12H12FN3O2. The van der Waals surface area contributed by atoms with E-state index < -0.39 is 5.97 Å². The lowest BCUT2D eigenvalue weighted by atomic mass is 10.2. The molecule has 2 rings (SSSR count). The SMILES string of the molecule is O=C(O)CCc1cn(Cc2ccc(F)cc2)nn1. The number of hydrogen-bond acceptors (Lipinski definition) is 3. The van der Waals surface area contributed by atoms with E-state index in [1.54, 1.807) is 23.0 Å². The minimum absolute atomic E-state index is 0.0369. The van der Waals surface area contributed by atoms with E-state index in [-0.39, 0.29) is 12.2 Å². The smallest absolute Gasteiger partial charge is 0.303 e. The fraction of sp³-hybridized carbons (Fsp3) is 0.250. The van der Waals surface area contributed by atoms with Crippen LogP contribution in [-0.2, 0) is 17.8 Å². The second-order valence-corrected chi connectivity index (χ2v) is 3.93. The number of carboxylic acid groups (broad SMARTS) is 1. The molecule has 0 amide bonds. The van der Waals surface area contributed by atoms with Crippen LogP contribution in [0.5, 0.6) is 0 Å². The van der Waals surface area contributed by atoms with Gasteiger partial charge in [0, 0.05) is 12.6 Å². The van der Waals surface area contributed by atoms with Gasteiger partial charge in [-0.15, -0.1) is 5.10 Å². The zero-order valence-corrected chi connectivity index (χ0v) is 9.58. The van der Waals surface area contributed by atoms with Crippen LogP contribution in [0.3, 0.4) is 0 Å². The average molecular weight is 249 g/mol. The summed E-state index contributed by atoms with van der Waals surface area (Å²) in [6, 6.07) is 6.12. The maximum Gasteiger partial charge on any atom is 0.303 e. The number of hydrogen-bond donors (Lipinski definition) is 1. The van der Waals surface area contributed by atoms with E-state index in [1.165, 1.54) is 12.1 Å². The number of rotatable bonds is 5. The highest BCUT2D eigenvalue weighted by Gasteiger charge is 2.04. The Hall–Kier alpha value is -2.24. The van der Waals surface area contributed by atoms with Gasteiger partial charge in [-0.05, 0) is 17.7 Å². The summed E-state index contributed by atoms with van der Waals surface area (Å²) in [5.74, 6) is -1.14. The molecule has 0 saturated carbocycles. The Labute approximate surface area is 103 Å². The van der Waals surface area contributed by atoms with Gasteiger partial charge >= 0.3 is 5.97 Å². The predicted octanol–water partition coefficient (Wildman–Crippen LogP) is 1.48. The monoisotopic (exact) mass is 249 g/mol. The molecule has 0 spiro atoms. The molecule has 0 fully saturated rings. The lowest BCUT2D eigenvalue weighted by Gasteiger charge is -2.00. The van der Waals surface area contributed by atoms with Crippen LogP contribution in [0.15, 0.2) is 30.5 Å². The van der Waals surface area contributed by atoms with Crippen molar-refractivity contribution in [3.05, 3.63) is 47.5 Å². The first-order valence-electron chi connectivity index (χ1n) is 5.49. The first-order valence-corrected chi connectivity index (χ1v) is 5.49. The molecule has 6 heteroatoms. The summed E-state index contributed by atoms with van der Waals surface area (Å²) in [5, 5.41) is 16.3. The Morgan fingerprint density at radius 1 is 1.33 bits per heavy atom. The molecule has 0 unspecified atom stereocenters. The van der Waals surface area contributed by atoms with Crippen molar-refractivity contribution >= 4 is 5.97 Å². The van der Waals surface area contributed by atoms with Gasteiger partial charge in [-0.2, -0.15) is 0 Å². The van der Waals surface area contributed by atoms with Gasteiger partial charge in [0.15, 0.2) is 0 Å². The minimum atomic E-state index is -0.858. The van der Waals surface area contributed by atoms with E-state index in [2.05, 4.69) is 10.3 Å². The quantitative estimate of drug-likeness (QED) is 0.871. The third kappa shape index (κ3) is 3.38. The van der Waals surface area contributed by atoms with Gasteiger partial charge in [-0.25, -0.2) is 9.07 Å². The Kier molecular flexibility index (Phi) is 3.66. The van der Waals surface area contributed by atoms with Crippen molar-refractivity contribution in [1.29, 1.82) is 0 Å². The molecule has 1 heterocycles. The Morgan fingerprint density at radius 2 is 2.06 bits per heavy atom. The Balaban J connectivity index is 1.97. The second kappa shape index (κ2) is 5.39. The molecule has 0 radical (unpaired) electrons. The molecular weight excluding hydrogens is 237 g/mol. The maximum absolute atomic E-state index is 12.7. The summed E-state index contributed by atoms with van der Waals surface area (Å²) in [6.07, 6.45) is 2.10. The first-order chi connectivity index (χ1) is 8.63. The molecule has 1 N–H and O–H groups in total. The molecule has 94 valence electrons. The van der Waals surface area contributed by atoms with E-state index >= 15 is 0 Å². The molecule has 0 saturated heterocycles. The van der Waals surface area contributed by atoms with Crippen molar-refractivity contribution in [2.24, 2.45) is 0 Å². The number of aliphatic carboxylic acids is 1. The lowest BCUT2D eigenvalue weighted by molar-refractivity contribution is -0.136. The van der Waals surface area contributed by atoms with Crippen molar-refractivity contribution in [2.45, 2.75) is 19.4 Å². The van der Waals surface area contributed by atoms with E-state index in [1.807, 2.05) is 0 Å². The van der Waals surface area contributed by atoms with Gasteiger partial charge in [-0.1, -0.05) is 17.3 Å². The van der Waals surface area contributed by atoms with Gasteiger partial charge in [0.2, 0.25) is 0 Å². The largest absolute Gasteiger partial charge is 0.481 e. The van der Waals surface area contributed by atoms with Crippen LogP contribution in [-0.4, -0.2) is 26.1 Å². The Morgan fingerprint density at radius 3 is 2.72 bits per heavy atom. The predicted molar refractivity (Wildman–Crippen MR) is 61.5 cm³/mol. The summed E-state index contributed by atoms with van der Waals surface area (Å²) in [6.45, 7) is 0.486. The summed E-state index contributed by atoms with van der Waals surface area (Å²) < 4.78 is 14.3. The molecule has 0 aliphatic carbocycles. The second-order valence-electron chi connectivity index (χ2n) is 3.93. The van der Waals surface area contributed by atoms with Gasteiger partial charge in [0.05, 0.1) is 18.7 Å². The minimum Gasteiger partial charge on any atom is -0.481 e. The number of nitrogens with zero attached hydrogens (tertiary/aromatic N) is 3. The number of carboxylic acids is 1. The maximum atomic E-state index is 12.7. The van der Waals surface area contributed by atoms with Crippen molar-refractivity contribution in [1.82, 2.24) is 15.0 Å². The number of aromatic nitrogens is 3. The summed E-state index contributed by atoms with van der Waals surface area (Å²) >= 11 is 0. The lowest BCUT2D eigenvalue weighted by Crippen LogP contribution is -2.00. The summed E-state index contributed by atoms with van der Waals surface area (Å²) in [7, 11) is 0. The van der Waals surface area contributed by atoms with Crippen LogP contribution < -0.4 is 0 Å². The van der Waals surface area contributed by atoms with Crippen molar-refractivity contribution in [2.75, 3.05) is 0 Å². The fourth-order valence-electron chi connectivity index (χ4n) is 1.54. The van der Waals surface area contributed by atoms with Crippen LogP contribution in [0.1, 0.15) is 17.7 Å². The van der Waals surface area contributed by atoms with E-state index in [0.29, 0.717) is 18.7 Å². The van der Waals surface area contributed by atoms with Crippen LogP contribution in [0, 0.1) is 5.82 Å². The van der Waals surface area contributed by atoms with Gasteiger partial charge in [0.25, 0.3) is 0 Å². The highest BCUT2D eigenvalue weighted by molar-refractivity contribution is 5.66. The van der Waals surface area contributed by atoms with Gasteiger partial charge in [-0.3, -0.25) is 4.79 Å². The van der Waals surface area contributed by atoms with E-state index in [9.17, 15) is 9.18 Å².